The molecule has 0 spiro atoms. The summed E-state index contributed by atoms with van der Waals surface area (Å²) < 4.78 is 41.9. The van der Waals surface area contributed by atoms with Gasteiger partial charge in [0, 0.05) is 22.2 Å². The first-order chi connectivity index (χ1) is 9.96. The number of aromatic amines is 1. The Morgan fingerprint density at radius 2 is 1.86 bits per heavy atom. The highest BCUT2D eigenvalue weighted by Gasteiger charge is 2.57. The first-order valence-electron chi connectivity index (χ1n) is 7.35. The van der Waals surface area contributed by atoms with E-state index in [0.717, 1.165) is 18.4 Å². The number of aryl methyl sites for hydroxylation is 1. The lowest BCUT2D eigenvalue weighted by Crippen LogP contribution is -2.53. The average Bonchev–Trinajstić information content (AvgIpc) is 2.61. The van der Waals surface area contributed by atoms with Gasteiger partial charge in [-0.3, -0.25) is 5.32 Å². The molecule has 0 aliphatic carbocycles. The second kappa shape index (κ2) is 5.05. The zero-order chi connectivity index (χ0) is 15.1. The Labute approximate surface area is 121 Å². The van der Waals surface area contributed by atoms with Crippen molar-refractivity contribution in [1.82, 2.24) is 10.3 Å². The molecule has 2 heterocycles. The molecule has 0 amide bonds. The molecule has 3 rings (SSSR count). The van der Waals surface area contributed by atoms with E-state index in [4.69, 9.17) is 0 Å². The number of nitrogens with one attached hydrogen (secondary N) is 2. The van der Waals surface area contributed by atoms with Gasteiger partial charge in [-0.25, -0.2) is 0 Å². The Morgan fingerprint density at radius 3 is 2.62 bits per heavy atom. The predicted molar refractivity (Wildman–Crippen MR) is 77.2 cm³/mol. The molecule has 1 aliphatic heterocycles. The Morgan fingerprint density at radius 1 is 1.10 bits per heavy atom. The van der Waals surface area contributed by atoms with Crippen LogP contribution in [0.1, 0.15) is 36.9 Å². The number of fused-ring (bicyclic) bond motifs is 1. The Kier molecular flexibility index (Phi) is 3.48. The maximum absolute atomic E-state index is 14.0. The third-order valence-electron chi connectivity index (χ3n) is 4.46. The minimum absolute atomic E-state index is 0.0964. The number of benzene rings is 1. The van der Waals surface area contributed by atoms with Crippen molar-refractivity contribution in [2.45, 2.75) is 44.3 Å². The number of halogens is 3. The van der Waals surface area contributed by atoms with Gasteiger partial charge in [0.2, 0.25) is 0 Å². The zero-order valence-corrected chi connectivity index (χ0v) is 12.0. The summed E-state index contributed by atoms with van der Waals surface area (Å²) in [5, 5.41) is 3.49. The lowest BCUT2D eigenvalue weighted by Gasteiger charge is -2.36. The van der Waals surface area contributed by atoms with E-state index >= 15 is 0 Å². The monoisotopic (exact) mass is 296 g/mol. The van der Waals surface area contributed by atoms with Crippen molar-refractivity contribution >= 4 is 10.9 Å². The van der Waals surface area contributed by atoms with Gasteiger partial charge < -0.3 is 4.98 Å². The van der Waals surface area contributed by atoms with Gasteiger partial charge in [-0.2, -0.15) is 13.2 Å². The molecule has 2 aromatic rings. The van der Waals surface area contributed by atoms with E-state index in [1.54, 1.807) is 19.1 Å². The highest BCUT2D eigenvalue weighted by Crippen LogP contribution is 2.47. The minimum Gasteiger partial charge on any atom is -0.358 e. The standard InChI is InChI=1S/C16H19F3N2/c1-11-14(12-7-3-4-8-13(12)21-11)15(16(17,18)19)9-5-2-6-10-20-15/h3-4,7-8,20-21H,2,5-6,9-10H2,1H3. The molecule has 21 heavy (non-hydrogen) atoms. The molecule has 1 fully saturated rings. The summed E-state index contributed by atoms with van der Waals surface area (Å²) >= 11 is 0. The van der Waals surface area contributed by atoms with Gasteiger partial charge in [-0.1, -0.05) is 31.0 Å². The van der Waals surface area contributed by atoms with Crippen LogP contribution in [0.2, 0.25) is 0 Å². The van der Waals surface area contributed by atoms with Gasteiger partial charge in [-0.15, -0.1) is 0 Å². The molecule has 2 N–H and O–H groups in total. The fraction of sp³-hybridized carbons (Fsp3) is 0.500. The first kappa shape index (κ1) is 14.4. The summed E-state index contributed by atoms with van der Waals surface area (Å²) in [7, 11) is 0. The Hall–Kier alpha value is -1.49. The van der Waals surface area contributed by atoms with Crippen LogP contribution >= 0.6 is 0 Å². The molecule has 1 atom stereocenters. The molecule has 1 aromatic heterocycles. The summed E-state index contributed by atoms with van der Waals surface area (Å²) in [6.07, 6.45) is -2.00. The third-order valence-corrected chi connectivity index (χ3v) is 4.46. The maximum atomic E-state index is 14.0. The van der Waals surface area contributed by atoms with Gasteiger partial charge >= 0.3 is 6.18 Å². The fourth-order valence-electron chi connectivity index (χ4n) is 3.51. The molecular weight excluding hydrogens is 277 g/mol. The van der Waals surface area contributed by atoms with Crippen LogP contribution in [0.5, 0.6) is 0 Å². The SMILES string of the molecule is Cc1[nH]c2ccccc2c1C1(C(F)(F)F)CCCCCN1. The molecule has 2 nitrogen and oxygen atoms in total. The van der Waals surface area contributed by atoms with Crippen molar-refractivity contribution in [2.75, 3.05) is 6.54 Å². The van der Waals surface area contributed by atoms with E-state index in [1.807, 2.05) is 12.1 Å². The van der Waals surface area contributed by atoms with E-state index in [-0.39, 0.29) is 6.42 Å². The second-order valence-corrected chi connectivity index (χ2v) is 5.81. The summed E-state index contributed by atoms with van der Waals surface area (Å²) in [4.78, 5) is 3.10. The van der Waals surface area contributed by atoms with Crippen molar-refractivity contribution in [3.63, 3.8) is 0 Å². The zero-order valence-electron chi connectivity index (χ0n) is 12.0. The lowest BCUT2D eigenvalue weighted by molar-refractivity contribution is -0.202. The van der Waals surface area contributed by atoms with Crippen molar-refractivity contribution in [3.8, 4) is 0 Å². The number of para-hydroxylation sites is 1. The van der Waals surface area contributed by atoms with Crippen LogP contribution in [0.4, 0.5) is 13.2 Å². The fourth-order valence-corrected chi connectivity index (χ4v) is 3.51. The van der Waals surface area contributed by atoms with Gasteiger partial charge in [0.25, 0.3) is 0 Å². The van der Waals surface area contributed by atoms with Gasteiger partial charge in [0.05, 0.1) is 0 Å². The van der Waals surface area contributed by atoms with Crippen LogP contribution in [0, 0.1) is 6.92 Å². The molecule has 1 aromatic carbocycles. The molecule has 0 bridgehead atoms. The lowest BCUT2D eigenvalue weighted by atomic mass is 9.83. The van der Waals surface area contributed by atoms with Crippen molar-refractivity contribution in [1.29, 1.82) is 0 Å². The predicted octanol–water partition coefficient (Wildman–Crippen LogP) is 4.40. The number of aromatic nitrogens is 1. The third kappa shape index (κ3) is 2.24. The highest BCUT2D eigenvalue weighted by atomic mass is 19.4. The number of alkyl halides is 3. The van der Waals surface area contributed by atoms with Gasteiger partial charge in [0.15, 0.2) is 0 Å². The maximum Gasteiger partial charge on any atom is 0.410 e. The molecule has 114 valence electrons. The summed E-state index contributed by atoms with van der Waals surface area (Å²) in [5.74, 6) is 0. The van der Waals surface area contributed by atoms with E-state index < -0.39 is 11.7 Å². The van der Waals surface area contributed by atoms with Crippen LogP contribution in [0.25, 0.3) is 10.9 Å². The number of rotatable bonds is 1. The summed E-state index contributed by atoms with van der Waals surface area (Å²) in [6.45, 7) is 2.13. The van der Waals surface area contributed by atoms with Crippen molar-refractivity contribution in [3.05, 3.63) is 35.5 Å². The molecule has 1 unspecified atom stereocenters. The van der Waals surface area contributed by atoms with Gasteiger partial charge in [0.1, 0.15) is 5.54 Å². The normalized spacial score (nSPS) is 24.2. The molecular formula is C16H19F3N2. The topological polar surface area (TPSA) is 27.8 Å². The molecule has 1 saturated heterocycles. The highest BCUT2D eigenvalue weighted by molar-refractivity contribution is 5.85. The Bertz CT molecular complexity index is 634. The second-order valence-electron chi connectivity index (χ2n) is 5.81. The molecule has 0 saturated carbocycles. The first-order valence-corrected chi connectivity index (χ1v) is 7.35. The van der Waals surface area contributed by atoms with E-state index in [2.05, 4.69) is 10.3 Å². The summed E-state index contributed by atoms with van der Waals surface area (Å²) in [5.41, 5.74) is -0.206. The van der Waals surface area contributed by atoms with E-state index in [1.165, 1.54) is 0 Å². The molecule has 5 heteroatoms. The number of hydrogen-bond donors (Lipinski definition) is 2. The number of H-pyrrole nitrogens is 1. The quantitative estimate of drug-likeness (QED) is 0.802. The van der Waals surface area contributed by atoms with Crippen LogP contribution < -0.4 is 5.32 Å². The van der Waals surface area contributed by atoms with Crippen LogP contribution in [-0.2, 0) is 5.54 Å². The molecule has 1 aliphatic rings. The van der Waals surface area contributed by atoms with Crippen LogP contribution in [0.15, 0.2) is 24.3 Å². The minimum atomic E-state index is -4.31. The van der Waals surface area contributed by atoms with Gasteiger partial charge in [-0.05, 0) is 32.4 Å². The molecule has 0 radical (unpaired) electrons. The Balaban J connectivity index is 2.26. The average molecular weight is 296 g/mol. The smallest absolute Gasteiger partial charge is 0.358 e. The number of hydrogen-bond acceptors (Lipinski definition) is 1. The summed E-state index contributed by atoms with van der Waals surface area (Å²) in [6, 6.07) is 7.23. The van der Waals surface area contributed by atoms with E-state index in [9.17, 15) is 13.2 Å². The van der Waals surface area contributed by atoms with Crippen molar-refractivity contribution in [2.24, 2.45) is 0 Å². The van der Waals surface area contributed by atoms with E-state index in [0.29, 0.717) is 29.6 Å². The van der Waals surface area contributed by atoms with Crippen molar-refractivity contribution < 1.29 is 13.2 Å². The van der Waals surface area contributed by atoms with Crippen LogP contribution in [-0.4, -0.2) is 17.7 Å². The largest absolute Gasteiger partial charge is 0.410 e. The van der Waals surface area contributed by atoms with Crippen LogP contribution in [0.3, 0.4) is 0 Å².